The molecule has 7 nitrogen and oxygen atoms in total. The number of nitrogens with zero attached hydrogens (tertiary/aromatic N) is 1. The van der Waals surface area contributed by atoms with Crippen molar-refractivity contribution < 1.29 is 27.1 Å². The molecule has 0 radical (unpaired) electrons. The third-order valence-corrected chi connectivity index (χ3v) is 6.39. The monoisotopic (exact) mass is 422 g/mol. The summed E-state index contributed by atoms with van der Waals surface area (Å²) < 4.78 is 51.2. The normalized spacial score (nSPS) is 16.4. The Morgan fingerprint density at radius 2 is 1.90 bits per heavy atom. The molecule has 0 unspecified atom stereocenters. The molecule has 0 saturated carbocycles. The van der Waals surface area contributed by atoms with E-state index in [1.54, 1.807) is 0 Å². The third kappa shape index (κ3) is 5.24. The van der Waals surface area contributed by atoms with Gasteiger partial charge in [0, 0.05) is 13.2 Å². The molecule has 3 rings (SSSR count). The second kappa shape index (κ2) is 9.23. The summed E-state index contributed by atoms with van der Waals surface area (Å²) in [6.45, 7) is 0.541. The van der Waals surface area contributed by atoms with Gasteiger partial charge in [-0.25, -0.2) is 12.8 Å². The Bertz CT molecular complexity index is 926. The molecule has 0 aromatic heterocycles. The number of carbonyl (C=O) groups excluding carboxylic acids is 1. The van der Waals surface area contributed by atoms with Gasteiger partial charge < -0.3 is 14.8 Å². The molecule has 0 spiro atoms. The number of hydrogen-bond acceptors (Lipinski definition) is 5. The summed E-state index contributed by atoms with van der Waals surface area (Å²) in [5, 5.41) is 2.71. The second-order valence-corrected chi connectivity index (χ2v) is 8.47. The van der Waals surface area contributed by atoms with E-state index in [2.05, 4.69) is 5.32 Å². The van der Waals surface area contributed by atoms with Gasteiger partial charge in [0.2, 0.25) is 5.91 Å². The lowest BCUT2D eigenvalue weighted by molar-refractivity contribution is -0.120. The van der Waals surface area contributed by atoms with Crippen LogP contribution in [0.15, 0.2) is 53.4 Å². The fourth-order valence-electron chi connectivity index (χ4n) is 3.02. The van der Waals surface area contributed by atoms with Crippen LogP contribution in [-0.4, -0.2) is 47.2 Å². The van der Waals surface area contributed by atoms with Crippen LogP contribution < -0.4 is 14.4 Å². The molecule has 29 heavy (non-hydrogen) atoms. The van der Waals surface area contributed by atoms with Crippen LogP contribution in [0.5, 0.6) is 5.75 Å². The van der Waals surface area contributed by atoms with E-state index < -0.39 is 28.3 Å². The van der Waals surface area contributed by atoms with Crippen molar-refractivity contribution in [2.45, 2.75) is 23.8 Å². The summed E-state index contributed by atoms with van der Waals surface area (Å²) in [5.74, 6) is -0.466. The van der Waals surface area contributed by atoms with Crippen molar-refractivity contribution >= 4 is 21.6 Å². The highest BCUT2D eigenvalue weighted by Crippen LogP contribution is 2.25. The lowest BCUT2D eigenvalue weighted by Crippen LogP contribution is -2.42. The van der Waals surface area contributed by atoms with Gasteiger partial charge >= 0.3 is 0 Å². The minimum absolute atomic E-state index is 0.00505. The van der Waals surface area contributed by atoms with Crippen LogP contribution in [0.1, 0.15) is 12.8 Å². The molecule has 1 heterocycles. The van der Waals surface area contributed by atoms with E-state index in [9.17, 15) is 17.6 Å². The molecule has 2 aromatic carbocycles. The Balaban J connectivity index is 1.83. The number of rotatable bonds is 8. The first-order chi connectivity index (χ1) is 13.9. The van der Waals surface area contributed by atoms with Crippen LogP contribution in [0.25, 0.3) is 0 Å². The maximum absolute atomic E-state index is 13.3. The van der Waals surface area contributed by atoms with Crippen molar-refractivity contribution in [3.8, 4) is 5.75 Å². The van der Waals surface area contributed by atoms with Crippen LogP contribution in [0.2, 0.25) is 0 Å². The van der Waals surface area contributed by atoms with E-state index in [-0.39, 0.29) is 16.7 Å². The maximum Gasteiger partial charge on any atom is 0.264 e. The molecule has 1 amide bonds. The molecule has 1 saturated heterocycles. The molecule has 1 N–H and O–H groups in total. The second-order valence-electron chi connectivity index (χ2n) is 6.60. The predicted molar refractivity (Wildman–Crippen MR) is 106 cm³/mol. The van der Waals surface area contributed by atoms with Gasteiger partial charge in [-0.15, -0.1) is 0 Å². The Hall–Kier alpha value is -2.65. The average Bonchev–Trinajstić information content (AvgIpc) is 3.25. The number of halogens is 1. The van der Waals surface area contributed by atoms with Crippen LogP contribution in [0.3, 0.4) is 0 Å². The third-order valence-electron chi connectivity index (χ3n) is 4.60. The van der Waals surface area contributed by atoms with Gasteiger partial charge in [0.15, 0.2) is 0 Å². The number of sulfonamides is 1. The maximum atomic E-state index is 13.3. The van der Waals surface area contributed by atoms with E-state index in [1.165, 1.54) is 43.5 Å². The molecule has 1 fully saturated rings. The molecule has 1 aliphatic heterocycles. The van der Waals surface area contributed by atoms with Crippen molar-refractivity contribution in [1.82, 2.24) is 5.32 Å². The van der Waals surface area contributed by atoms with Crippen molar-refractivity contribution in [2.75, 3.05) is 31.1 Å². The van der Waals surface area contributed by atoms with Crippen LogP contribution in [0, 0.1) is 5.82 Å². The highest BCUT2D eigenvalue weighted by atomic mass is 32.2. The standard InChI is InChI=1S/C20H23FN2O5S/c1-27-17-8-10-19(11-9-17)29(25,26)23(16-6-4-15(21)5-7-16)14-20(24)22-13-18-3-2-12-28-18/h4-11,18H,2-3,12-14H2,1H3,(H,22,24)/t18-/m1/s1. The predicted octanol–water partition coefficient (Wildman–Crippen LogP) is 2.32. The molecular weight excluding hydrogens is 399 g/mol. The van der Waals surface area contributed by atoms with Gasteiger partial charge in [-0.1, -0.05) is 0 Å². The fraction of sp³-hybridized carbons (Fsp3) is 0.350. The van der Waals surface area contributed by atoms with Gasteiger partial charge in [0.05, 0.1) is 23.8 Å². The molecule has 9 heteroatoms. The number of nitrogens with one attached hydrogen (secondary N) is 1. The van der Waals surface area contributed by atoms with Gasteiger partial charge in [0.25, 0.3) is 10.0 Å². The topological polar surface area (TPSA) is 84.9 Å². The molecule has 0 bridgehead atoms. The number of hydrogen-bond donors (Lipinski definition) is 1. The fourth-order valence-corrected chi connectivity index (χ4v) is 4.44. The molecule has 156 valence electrons. The Morgan fingerprint density at radius 3 is 2.48 bits per heavy atom. The van der Waals surface area contributed by atoms with E-state index >= 15 is 0 Å². The molecule has 0 aliphatic carbocycles. The quantitative estimate of drug-likeness (QED) is 0.706. The minimum Gasteiger partial charge on any atom is -0.497 e. The molecule has 1 atom stereocenters. The van der Waals surface area contributed by atoms with Crippen molar-refractivity contribution in [3.05, 3.63) is 54.3 Å². The average molecular weight is 422 g/mol. The van der Waals surface area contributed by atoms with Gasteiger partial charge in [-0.05, 0) is 61.4 Å². The number of amides is 1. The highest BCUT2D eigenvalue weighted by Gasteiger charge is 2.28. The largest absolute Gasteiger partial charge is 0.497 e. The minimum atomic E-state index is -4.06. The van der Waals surface area contributed by atoms with Crippen LogP contribution in [-0.2, 0) is 19.6 Å². The summed E-state index contributed by atoms with van der Waals surface area (Å²) in [6, 6.07) is 10.8. The first kappa shape index (κ1) is 21.1. The lowest BCUT2D eigenvalue weighted by atomic mass is 10.2. The first-order valence-electron chi connectivity index (χ1n) is 9.21. The van der Waals surface area contributed by atoms with Crippen molar-refractivity contribution in [1.29, 1.82) is 0 Å². The highest BCUT2D eigenvalue weighted by molar-refractivity contribution is 7.92. The Morgan fingerprint density at radius 1 is 1.21 bits per heavy atom. The smallest absolute Gasteiger partial charge is 0.264 e. The van der Waals surface area contributed by atoms with Crippen LogP contribution >= 0.6 is 0 Å². The number of benzene rings is 2. The number of methoxy groups -OCH3 is 1. The van der Waals surface area contributed by atoms with Crippen LogP contribution in [0.4, 0.5) is 10.1 Å². The zero-order valence-corrected chi connectivity index (χ0v) is 16.8. The van der Waals surface area contributed by atoms with Gasteiger partial charge in [-0.3, -0.25) is 9.10 Å². The van der Waals surface area contributed by atoms with Gasteiger partial charge in [-0.2, -0.15) is 0 Å². The SMILES string of the molecule is COc1ccc(S(=O)(=O)N(CC(=O)NC[C@H]2CCCO2)c2ccc(F)cc2)cc1. The number of carbonyl (C=O) groups is 1. The van der Waals surface area contributed by atoms with Crippen molar-refractivity contribution in [3.63, 3.8) is 0 Å². The first-order valence-corrected chi connectivity index (χ1v) is 10.6. The zero-order chi connectivity index (χ0) is 20.9. The van der Waals surface area contributed by atoms with E-state index in [1.807, 2.05) is 0 Å². The summed E-state index contributed by atoms with van der Waals surface area (Å²) in [6.07, 6.45) is 1.73. The van der Waals surface area contributed by atoms with Crippen molar-refractivity contribution in [2.24, 2.45) is 0 Å². The molecule has 2 aromatic rings. The summed E-state index contributed by atoms with van der Waals surface area (Å²) in [4.78, 5) is 12.5. The Kier molecular flexibility index (Phi) is 6.71. The molecular formula is C20H23FN2O5S. The van der Waals surface area contributed by atoms with E-state index in [0.717, 1.165) is 29.3 Å². The number of anilines is 1. The summed E-state index contributed by atoms with van der Waals surface area (Å²) >= 11 is 0. The summed E-state index contributed by atoms with van der Waals surface area (Å²) in [5.41, 5.74) is 0.189. The lowest BCUT2D eigenvalue weighted by Gasteiger charge is -2.24. The van der Waals surface area contributed by atoms with E-state index in [0.29, 0.717) is 18.9 Å². The molecule has 1 aliphatic rings. The Labute approximate surface area is 169 Å². The van der Waals surface area contributed by atoms with Gasteiger partial charge in [0.1, 0.15) is 18.1 Å². The summed E-state index contributed by atoms with van der Waals surface area (Å²) in [7, 11) is -2.58. The number of ether oxygens (including phenoxy) is 2. The zero-order valence-electron chi connectivity index (χ0n) is 16.0. The van der Waals surface area contributed by atoms with E-state index in [4.69, 9.17) is 9.47 Å².